The predicted octanol–water partition coefficient (Wildman–Crippen LogP) is 13.2. The summed E-state index contributed by atoms with van der Waals surface area (Å²) < 4.78 is 5.22. The molecule has 0 saturated heterocycles. The van der Waals surface area contributed by atoms with Crippen LogP contribution in [0.15, 0.2) is 72.8 Å². The van der Waals surface area contributed by atoms with Crippen molar-refractivity contribution in [2.24, 2.45) is 0 Å². The molecule has 48 heavy (non-hydrogen) atoms. The lowest BCUT2D eigenvalue weighted by molar-refractivity contribution is 0.590. The zero-order chi connectivity index (χ0) is 34.0. The van der Waals surface area contributed by atoms with Crippen LogP contribution >= 0.6 is 0 Å². The average Bonchev–Trinajstić information content (AvgIpc) is 3.70. The van der Waals surface area contributed by atoms with Gasteiger partial charge in [-0.15, -0.1) is 0 Å². The van der Waals surface area contributed by atoms with Crippen LogP contribution in [0.5, 0.6) is 0 Å². The third kappa shape index (κ3) is 3.75. The molecular weight excluding hydrogens is 581 g/mol. The van der Waals surface area contributed by atoms with E-state index in [2.05, 4.69) is 165 Å². The lowest BCUT2D eigenvalue weighted by atomic mass is 9.84. The van der Waals surface area contributed by atoms with Crippen molar-refractivity contribution < 1.29 is 0 Å². The Morgan fingerprint density at radius 1 is 0.312 bits per heavy atom. The van der Waals surface area contributed by atoms with Gasteiger partial charge in [0.2, 0.25) is 0 Å². The van der Waals surface area contributed by atoms with Gasteiger partial charge in [0.1, 0.15) is 0 Å². The van der Waals surface area contributed by atoms with Crippen LogP contribution in [0.4, 0.5) is 0 Å². The Bertz CT molecular complexity index is 2790. The smallest absolute Gasteiger partial charge is 0.0634 e. The van der Waals surface area contributed by atoms with Crippen molar-refractivity contribution in [1.29, 1.82) is 0 Å². The summed E-state index contributed by atoms with van der Waals surface area (Å²) in [5, 5.41) is 11.0. The van der Waals surface area contributed by atoms with Crippen LogP contribution in [0.25, 0.3) is 76.2 Å². The fourth-order valence-electron chi connectivity index (χ4n) is 8.55. The number of rotatable bonds is 0. The van der Waals surface area contributed by atoms with Gasteiger partial charge in [-0.25, -0.2) is 0 Å². The van der Waals surface area contributed by atoms with Crippen LogP contribution in [0.1, 0.15) is 105 Å². The first-order chi connectivity index (χ1) is 22.4. The Balaban J connectivity index is 1.66. The summed E-state index contributed by atoms with van der Waals surface area (Å²) in [5.74, 6) is 0. The fourth-order valence-corrected chi connectivity index (χ4v) is 8.55. The third-order valence-corrected chi connectivity index (χ3v) is 11.4. The highest BCUT2D eigenvalue weighted by Crippen LogP contribution is 2.53. The SMILES string of the molecule is CC(C)(C)c1ccc2c(c1)c1c3c4cc(C(C)(C)C)ccc4n4c5cc(C(C)(C)C)ccc5c(c5c6cc(C(C)(C)C)ccc6n2c15)c34. The van der Waals surface area contributed by atoms with Crippen molar-refractivity contribution in [3.63, 3.8) is 0 Å². The first-order valence-corrected chi connectivity index (χ1v) is 17.8. The summed E-state index contributed by atoms with van der Waals surface area (Å²) in [6.07, 6.45) is 0. The van der Waals surface area contributed by atoms with Crippen LogP contribution in [0.2, 0.25) is 0 Å². The van der Waals surface area contributed by atoms with Gasteiger partial charge in [0.25, 0.3) is 0 Å². The Morgan fingerprint density at radius 3 is 0.958 bits per heavy atom. The molecule has 0 aliphatic carbocycles. The van der Waals surface area contributed by atoms with Crippen LogP contribution in [-0.4, -0.2) is 8.80 Å². The zero-order valence-corrected chi connectivity index (χ0v) is 30.8. The van der Waals surface area contributed by atoms with Crippen molar-refractivity contribution in [2.45, 2.75) is 105 Å². The van der Waals surface area contributed by atoms with Crippen molar-refractivity contribution in [3.8, 4) is 0 Å². The summed E-state index contributed by atoms with van der Waals surface area (Å²) in [6.45, 7) is 28.0. The van der Waals surface area contributed by atoms with Crippen LogP contribution in [0, 0.1) is 0 Å². The summed E-state index contributed by atoms with van der Waals surface area (Å²) in [4.78, 5) is 0. The van der Waals surface area contributed by atoms with E-state index in [0.717, 1.165) is 0 Å². The Morgan fingerprint density at radius 2 is 0.604 bits per heavy atom. The third-order valence-electron chi connectivity index (χ3n) is 11.4. The molecule has 4 heterocycles. The second-order valence-electron chi connectivity index (χ2n) is 18.8. The second kappa shape index (κ2) is 8.83. The quantitative estimate of drug-likeness (QED) is 0.158. The normalized spacial score (nSPS) is 14.2. The van der Waals surface area contributed by atoms with E-state index < -0.39 is 0 Å². The molecule has 9 aromatic rings. The van der Waals surface area contributed by atoms with E-state index >= 15 is 0 Å². The molecule has 0 amide bonds. The van der Waals surface area contributed by atoms with Gasteiger partial charge in [-0.1, -0.05) is 113 Å². The molecule has 0 aliphatic rings. The standard InChI is InChI=1S/C46H48N2/c1-43(2,3)25-14-18-33-30(21-25)38-37-29-17-13-28(46(10,11)12)24-36(29)48-35-20-16-27(45(7,8)9)23-32(35)39(41(37)48)40-31-22-26(44(4,5)6)15-19-34(31)47(33)42(38)40/h13-24H,1-12H3. The number of aromatic nitrogens is 2. The molecule has 242 valence electrons. The van der Waals surface area contributed by atoms with E-state index in [9.17, 15) is 0 Å². The molecule has 0 fully saturated rings. The minimum absolute atomic E-state index is 0.0485. The molecule has 0 spiro atoms. The summed E-state index contributed by atoms with van der Waals surface area (Å²) in [7, 11) is 0. The van der Waals surface area contributed by atoms with Gasteiger partial charge < -0.3 is 8.80 Å². The van der Waals surface area contributed by atoms with Gasteiger partial charge in [-0.3, -0.25) is 0 Å². The summed E-state index contributed by atoms with van der Waals surface area (Å²) in [6, 6.07) is 29.1. The van der Waals surface area contributed by atoms with Gasteiger partial charge in [0.15, 0.2) is 0 Å². The molecule has 4 aromatic heterocycles. The highest BCUT2D eigenvalue weighted by atomic mass is 14.9. The number of hydrogen-bond acceptors (Lipinski definition) is 0. The minimum Gasteiger partial charge on any atom is -0.308 e. The molecule has 0 bridgehead atoms. The fraction of sp³-hybridized carbons (Fsp3) is 0.348. The van der Waals surface area contributed by atoms with Gasteiger partial charge in [-0.2, -0.15) is 0 Å². The molecule has 2 heteroatoms. The van der Waals surface area contributed by atoms with Crippen LogP contribution < -0.4 is 0 Å². The predicted molar refractivity (Wildman–Crippen MR) is 211 cm³/mol. The number of fused-ring (bicyclic) bond motifs is 14. The molecule has 2 nitrogen and oxygen atoms in total. The van der Waals surface area contributed by atoms with Gasteiger partial charge in [0, 0.05) is 43.1 Å². The maximum Gasteiger partial charge on any atom is 0.0634 e. The molecule has 0 radical (unpaired) electrons. The lowest BCUT2D eigenvalue weighted by Gasteiger charge is -2.20. The van der Waals surface area contributed by atoms with Crippen LogP contribution in [0.3, 0.4) is 0 Å². The number of benzene rings is 5. The molecule has 0 saturated carbocycles. The van der Waals surface area contributed by atoms with Crippen molar-refractivity contribution in [2.75, 3.05) is 0 Å². The van der Waals surface area contributed by atoms with E-state index in [4.69, 9.17) is 0 Å². The molecular formula is C46H48N2. The first-order valence-electron chi connectivity index (χ1n) is 17.8. The van der Waals surface area contributed by atoms with E-state index in [0.29, 0.717) is 0 Å². The maximum atomic E-state index is 2.62. The van der Waals surface area contributed by atoms with Crippen molar-refractivity contribution >= 4 is 76.2 Å². The molecule has 0 N–H and O–H groups in total. The van der Waals surface area contributed by atoms with Crippen molar-refractivity contribution in [1.82, 2.24) is 8.80 Å². The zero-order valence-electron chi connectivity index (χ0n) is 30.8. The summed E-state index contributed by atoms with van der Waals surface area (Å²) >= 11 is 0. The molecule has 0 atom stereocenters. The monoisotopic (exact) mass is 628 g/mol. The minimum atomic E-state index is 0.0485. The largest absolute Gasteiger partial charge is 0.308 e. The first kappa shape index (κ1) is 29.8. The maximum absolute atomic E-state index is 2.62. The summed E-state index contributed by atoms with van der Waals surface area (Å²) in [5.41, 5.74) is 13.7. The highest BCUT2D eigenvalue weighted by molar-refractivity contribution is 6.45. The Labute approximate surface area is 284 Å². The van der Waals surface area contributed by atoms with E-state index in [1.165, 1.54) is 98.4 Å². The highest BCUT2D eigenvalue weighted by Gasteiger charge is 2.31. The van der Waals surface area contributed by atoms with Crippen molar-refractivity contribution in [3.05, 3.63) is 95.1 Å². The van der Waals surface area contributed by atoms with Gasteiger partial charge in [-0.05, 0) is 86.4 Å². The van der Waals surface area contributed by atoms with E-state index in [1.807, 2.05) is 0 Å². The van der Waals surface area contributed by atoms with Gasteiger partial charge in [0.05, 0.1) is 33.1 Å². The molecule has 5 aromatic carbocycles. The molecule has 9 rings (SSSR count). The Kier molecular flexibility index (Phi) is 5.48. The van der Waals surface area contributed by atoms with E-state index in [1.54, 1.807) is 0 Å². The van der Waals surface area contributed by atoms with Gasteiger partial charge >= 0.3 is 0 Å². The lowest BCUT2D eigenvalue weighted by Crippen LogP contribution is -2.11. The van der Waals surface area contributed by atoms with Crippen LogP contribution in [-0.2, 0) is 21.7 Å². The van der Waals surface area contributed by atoms with E-state index in [-0.39, 0.29) is 21.7 Å². The number of hydrogen-bond donors (Lipinski definition) is 0. The average molecular weight is 629 g/mol. The molecule has 0 aliphatic heterocycles. The molecule has 0 unspecified atom stereocenters. The second-order valence-corrected chi connectivity index (χ2v) is 18.8. The Hall–Kier alpha value is -4.30. The number of nitrogens with zero attached hydrogens (tertiary/aromatic N) is 2. The topological polar surface area (TPSA) is 8.82 Å².